The quantitative estimate of drug-likeness (QED) is 0.504. The molecule has 10 heteroatoms. The third kappa shape index (κ3) is 4.37. The monoisotopic (exact) mass is 416 g/mol. The molecule has 0 amide bonds. The van der Waals surface area contributed by atoms with E-state index >= 15 is 0 Å². The van der Waals surface area contributed by atoms with E-state index in [1.807, 2.05) is 0 Å². The molecular formula is C17H18ClFN2O5S. The van der Waals surface area contributed by atoms with Crippen LogP contribution in [-0.4, -0.2) is 31.3 Å². The predicted molar refractivity (Wildman–Crippen MR) is 99.1 cm³/mol. The molecule has 27 heavy (non-hydrogen) atoms. The zero-order valence-electron chi connectivity index (χ0n) is 14.9. The van der Waals surface area contributed by atoms with Crippen molar-refractivity contribution in [3.8, 4) is 5.75 Å². The van der Waals surface area contributed by atoms with Gasteiger partial charge in [-0.05, 0) is 30.7 Å². The number of nitro benzene ring substituents is 1. The van der Waals surface area contributed by atoms with Gasteiger partial charge in [-0.2, -0.15) is 4.31 Å². The summed E-state index contributed by atoms with van der Waals surface area (Å²) in [6.07, 6.45) is 0. The maximum atomic E-state index is 13.9. The lowest BCUT2D eigenvalue weighted by Gasteiger charge is -2.21. The van der Waals surface area contributed by atoms with E-state index in [-0.39, 0.29) is 40.0 Å². The normalized spacial score (nSPS) is 11.6. The van der Waals surface area contributed by atoms with Crippen LogP contribution < -0.4 is 4.74 Å². The molecule has 0 bridgehead atoms. The highest BCUT2D eigenvalue weighted by Crippen LogP contribution is 2.31. The summed E-state index contributed by atoms with van der Waals surface area (Å²) in [5.41, 5.74) is 0.208. The average Bonchev–Trinajstić information content (AvgIpc) is 2.61. The van der Waals surface area contributed by atoms with E-state index in [1.54, 1.807) is 13.0 Å². The highest BCUT2D eigenvalue weighted by molar-refractivity contribution is 7.89. The van der Waals surface area contributed by atoms with Gasteiger partial charge in [0, 0.05) is 24.7 Å². The van der Waals surface area contributed by atoms with E-state index in [1.165, 1.54) is 32.2 Å². The topological polar surface area (TPSA) is 89.8 Å². The molecule has 0 aliphatic heterocycles. The van der Waals surface area contributed by atoms with E-state index in [0.29, 0.717) is 5.56 Å². The molecule has 0 saturated carbocycles. The molecule has 0 unspecified atom stereocenters. The van der Waals surface area contributed by atoms with Crippen LogP contribution >= 0.6 is 11.6 Å². The molecule has 2 rings (SSSR count). The van der Waals surface area contributed by atoms with Gasteiger partial charge in [-0.25, -0.2) is 12.8 Å². The summed E-state index contributed by atoms with van der Waals surface area (Å²) in [4.78, 5) is 10.2. The van der Waals surface area contributed by atoms with Gasteiger partial charge in [-0.3, -0.25) is 10.1 Å². The van der Waals surface area contributed by atoms with Gasteiger partial charge in [0.15, 0.2) is 11.6 Å². The lowest BCUT2D eigenvalue weighted by molar-refractivity contribution is -0.385. The summed E-state index contributed by atoms with van der Waals surface area (Å²) in [7, 11) is -2.75. The number of nitrogens with zero attached hydrogens (tertiary/aromatic N) is 2. The number of sulfonamides is 1. The lowest BCUT2D eigenvalue weighted by Crippen LogP contribution is -2.30. The first-order chi connectivity index (χ1) is 12.6. The number of rotatable bonds is 7. The van der Waals surface area contributed by atoms with Crippen LogP contribution in [0.3, 0.4) is 0 Å². The second-order valence-corrected chi connectivity index (χ2v) is 8.05. The van der Waals surface area contributed by atoms with Crippen molar-refractivity contribution in [3.05, 3.63) is 62.4 Å². The molecule has 2 aromatic carbocycles. The molecule has 0 spiro atoms. The molecule has 0 aliphatic rings. The van der Waals surface area contributed by atoms with Gasteiger partial charge in [0.25, 0.3) is 5.69 Å². The van der Waals surface area contributed by atoms with Crippen LogP contribution in [-0.2, 0) is 16.6 Å². The Morgan fingerprint density at radius 1 is 1.30 bits per heavy atom. The molecule has 2 aromatic rings. The third-order valence-electron chi connectivity index (χ3n) is 4.05. The Morgan fingerprint density at radius 3 is 2.48 bits per heavy atom. The zero-order valence-corrected chi connectivity index (χ0v) is 16.5. The van der Waals surface area contributed by atoms with Crippen LogP contribution in [0.2, 0.25) is 5.02 Å². The average molecular weight is 417 g/mol. The fourth-order valence-electron chi connectivity index (χ4n) is 2.51. The van der Waals surface area contributed by atoms with Gasteiger partial charge < -0.3 is 4.74 Å². The Morgan fingerprint density at radius 2 is 1.96 bits per heavy atom. The minimum atomic E-state index is -4.08. The molecule has 7 nitrogen and oxygen atoms in total. The van der Waals surface area contributed by atoms with Crippen molar-refractivity contribution < 1.29 is 22.5 Å². The number of benzene rings is 2. The first-order valence-corrected chi connectivity index (χ1v) is 9.70. The summed E-state index contributed by atoms with van der Waals surface area (Å²) >= 11 is 5.98. The maximum Gasteiger partial charge on any atom is 0.275 e. The predicted octanol–water partition coefficient (Wildman–Crippen LogP) is 3.92. The summed E-state index contributed by atoms with van der Waals surface area (Å²) < 4.78 is 45.7. The first-order valence-electron chi connectivity index (χ1n) is 7.88. The molecule has 0 saturated heterocycles. The second kappa shape index (κ2) is 8.20. The second-order valence-electron chi connectivity index (χ2n) is 5.71. The summed E-state index contributed by atoms with van der Waals surface area (Å²) in [6.45, 7) is 3.02. The van der Waals surface area contributed by atoms with Gasteiger partial charge in [0.1, 0.15) is 0 Å². The van der Waals surface area contributed by atoms with Gasteiger partial charge in [-0.1, -0.05) is 24.6 Å². The van der Waals surface area contributed by atoms with Crippen molar-refractivity contribution in [1.29, 1.82) is 0 Å². The van der Waals surface area contributed by atoms with Gasteiger partial charge in [0.05, 0.1) is 22.0 Å². The van der Waals surface area contributed by atoms with Crippen LogP contribution in [0.5, 0.6) is 5.75 Å². The van der Waals surface area contributed by atoms with Crippen molar-refractivity contribution in [2.45, 2.75) is 25.3 Å². The summed E-state index contributed by atoms with van der Waals surface area (Å²) in [5.74, 6) is -0.567. The molecule has 0 aliphatic carbocycles. The van der Waals surface area contributed by atoms with Crippen molar-refractivity contribution in [2.75, 3.05) is 13.7 Å². The van der Waals surface area contributed by atoms with Gasteiger partial charge >= 0.3 is 0 Å². The highest BCUT2D eigenvalue weighted by atomic mass is 35.5. The summed E-state index contributed by atoms with van der Waals surface area (Å²) in [6, 6.07) is 6.29. The Bertz CT molecular complexity index is 982. The van der Waals surface area contributed by atoms with Crippen LogP contribution in [0.1, 0.15) is 18.1 Å². The van der Waals surface area contributed by atoms with Gasteiger partial charge in [0.2, 0.25) is 10.0 Å². The Hall–Kier alpha value is -2.23. The number of ether oxygens (including phenoxy) is 1. The van der Waals surface area contributed by atoms with Crippen LogP contribution in [0.25, 0.3) is 0 Å². The molecule has 0 N–H and O–H groups in total. The summed E-state index contributed by atoms with van der Waals surface area (Å²) in [5, 5.41) is 11.1. The van der Waals surface area contributed by atoms with Crippen molar-refractivity contribution in [1.82, 2.24) is 4.31 Å². The van der Waals surface area contributed by atoms with Crippen LogP contribution in [0, 0.1) is 22.9 Å². The van der Waals surface area contributed by atoms with Gasteiger partial charge in [-0.15, -0.1) is 0 Å². The number of hydrogen-bond donors (Lipinski definition) is 0. The Balaban J connectivity index is 2.44. The molecule has 0 atom stereocenters. The SMILES string of the molecule is CCN(Cc1ccc(OC)c(F)c1)S(=O)(=O)c1cc(Cl)c(C)c([N+](=O)[O-])c1. The Labute approximate surface area is 161 Å². The zero-order chi connectivity index (χ0) is 20.4. The lowest BCUT2D eigenvalue weighted by atomic mass is 10.2. The van der Waals surface area contributed by atoms with E-state index in [2.05, 4.69) is 0 Å². The number of hydrogen-bond acceptors (Lipinski definition) is 5. The van der Waals surface area contributed by atoms with E-state index in [0.717, 1.165) is 10.4 Å². The largest absolute Gasteiger partial charge is 0.494 e. The standard InChI is InChI=1S/C17H18ClFN2O5S/c1-4-20(10-12-5-6-17(26-3)15(19)7-12)27(24,25)13-8-14(18)11(2)16(9-13)21(22)23/h5-9H,4,10H2,1-3H3. The van der Waals surface area contributed by atoms with Crippen molar-refractivity contribution in [2.24, 2.45) is 0 Å². The smallest absolute Gasteiger partial charge is 0.275 e. The van der Waals surface area contributed by atoms with E-state index in [9.17, 15) is 22.9 Å². The first kappa shape index (κ1) is 21.1. The molecular weight excluding hydrogens is 399 g/mol. The highest BCUT2D eigenvalue weighted by Gasteiger charge is 2.27. The number of halogens is 2. The Kier molecular flexibility index (Phi) is 6.40. The van der Waals surface area contributed by atoms with Crippen LogP contribution in [0.15, 0.2) is 35.2 Å². The van der Waals surface area contributed by atoms with E-state index in [4.69, 9.17) is 16.3 Å². The number of nitro groups is 1. The molecule has 0 radical (unpaired) electrons. The van der Waals surface area contributed by atoms with Crippen molar-refractivity contribution >= 4 is 27.3 Å². The van der Waals surface area contributed by atoms with E-state index < -0.39 is 20.8 Å². The number of methoxy groups -OCH3 is 1. The molecule has 0 fully saturated rings. The molecule has 146 valence electrons. The van der Waals surface area contributed by atoms with Crippen molar-refractivity contribution in [3.63, 3.8) is 0 Å². The fraction of sp³-hybridized carbons (Fsp3) is 0.294. The van der Waals surface area contributed by atoms with Crippen LogP contribution in [0.4, 0.5) is 10.1 Å². The molecule has 0 aromatic heterocycles. The minimum absolute atomic E-state index is 0.0191. The minimum Gasteiger partial charge on any atom is -0.494 e. The fourth-order valence-corrected chi connectivity index (χ4v) is 4.27. The third-order valence-corrected chi connectivity index (χ3v) is 6.34. The molecule has 0 heterocycles. The maximum absolute atomic E-state index is 13.9.